The highest BCUT2D eigenvalue weighted by atomic mass is 19.4. The Morgan fingerprint density at radius 1 is 1.15 bits per heavy atom. The summed E-state index contributed by atoms with van der Waals surface area (Å²) in [6.45, 7) is 6.18. The smallest absolute Gasteiger partial charge is 0.495 e. The molecule has 0 bridgehead atoms. The molecule has 0 radical (unpaired) electrons. The lowest BCUT2D eigenvalue weighted by molar-refractivity contribution is -0.122. The van der Waals surface area contributed by atoms with Crippen LogP contribution in [0.15, 0.2) is 18.2 Å². The van der Waals surface area contributed by atoms with Crippen molar-refractivity contribution >= 4 is 24.3 Å². The standard InChI is InChI=1S/C16H22BF3N2O4/c1-14(2)15(3,4)26-17(25-14)10-6-11(8-12(7-10)24-5)22-13(23)21-9-16(18,19)20/h6-8H,9H2,1-5H3,(H2,21,22,23). The first-order chi connectivity index (χ1) is 11.8. The van der Waals surface area contributed by atoms with E-state index in [4.69, 9.17) is 14.0 Å². The van der Waals surface area contributed by atoms with Crippen molar-refractivity contribution in [2.75, 3.05) is 19.0 Å². The van der Waals surface area contributed by atoms with E-state index in [2.05, 4.69) is 5.32 Å². The summed E-state index contributed by atoms with van der Waals surface area (Å²) in [5.74, 6) is 0.406. The van der Waals surface area contributed by atoms with Gasteiger partial charge in [0.2, 0.25) is 0 Å². The molecule has 2 amide bonds. The van der Waals surface area contributed by atoms with Crippen molar-refractivity contribution in [3.8, 4) is 5.75 Å². The normalized spacial score (nSPS) is 18.5. The molecule has 0 spiro atoms. The van der Waals surface area contributed by atoms with E-state index in [1.54, 1.807) is 17.4 Å². The van der Waals surface area contributed by atoms with Crippen LogP contribution in [-0.4, -0.2) is 44.2 Å². The molecule has 0 aliphatic carbocycles. The molecular formula is C16H22BF3N2O4. The highest BCUT2D eigenvalue weighted by Crippen LogP contribution is 2.36. The van der Waals surface area contributed by atoms with Gasteiger partial charge in [0.1, 0.15) is 12.3 Å². The van der Waals surface area contributed by atoms with Crippen LogP contribution in [0.3, 0.4) is 0 Å². The van der Waals surface area contributed by atoms with E-state index in [0.29, 0.717) is 11.2 Å². The monoisotopic (exact) mass is 374 g/mol. The van der Waals surface area contributed by atoms with Gasteiger partial charge in [-0.3, -0.25) is 0 Å². The fourth-order valence-corrected chi connectivity index (χ4v) is 2.28. The zero-order chi connectivity index (χ0) is 19.8. The predicted molar refractivity (Wildman–Crippen MR) is 91.8 cm³/mol. The average molecular weight is 374 g/mol. The van der Waals surface area contributed by atoms with E-state index in [9.17, 15) is 18.0 Å². The van der Waals surface area contributed by atoms with Crippen LogP contribution >= 0.6 is 0 Å². The molecule has 0 aromatic heterocycles. The maximum atomic E-state index is 12.2. The predicted octanol–water partition coefficient (Wildman–Crippen LogP) is 2.68. The molecule has 6 nitrogen and oxygen atoms in total. The Morgan fingerprint density at radius 3 is 2.23 bits per heavy atom. The highest BCUT2D eigenvalue weighted by Gasteiger charge is 2.51. The summed E-state index contributed by atoms with van der Waals surface area (Å²) in [5, 5.41) is 4.10. The van der Waals surface area contributed by atoms with Crippen LogP contribution in [0.4, 0.5) is 23.7 Å². The first kappa shape index (κ1) is 20.4. The molecule has 1 aromatic carbocycles. The molecule has 2 N–H and O–H groups in total. The van der Waals surface area contributed by atoms with Gasteiger partial charge in [0.05, 0.1) is 18.3 Å². The van der Waals surface area contributed by atoms with Gasteiger partial charge < -0.3 is 24.7 Å². The molecule has 2 rings (SSSR count). The summed E-state index contributed by atoms with van der Waals surface area (Å²) in [4.78, 5) is 11.7. The summed E-state index contributed by atoms with van der Waals surface area (Å²) in [5.41, 5.74) is -0.278. The van der Waals surface area contributed by atoms with E-state index in [1.807, 2.05) is 27.7 Å². The fourth-order valence-electron chi connectivity index (χ4n) is 2.28. The molecule has 0 atom stereocenters. The quantitative estimate of drug-likeness (QED) is 0.796. The van der Waals surface area contributed by atoms with Gasteiger partial charge >= 0.3 is 19.3 Å². The summed E-state index contributed by atoms with van der Waals surface area (Å²) >= 11 is 0. The van der Waals surface area contributed by atoms with Crippen LogP contribution in [0.5, 0.6) is 5.75 Å². The van der Waals surface area contributed by atoms with Gasteiger partial charge in [-0.15, -0.1) is 0 Å². The Hall–Kier alpha value is -1.94. The van der Waals surface area contributed by atoms with E-state index in [1.165, 1.54) is 13.2 Å². The first-order valence-corrected chi connectivity index (χ1v) is 7.99. The van der Waals surface area contributed by atoms with Crippen molar-refractivity contribution in [1.29, 1.82) is 0 Å². The lowest BCUT2D eigenvalue weighted by atomic mass is 9.79. The summed E-state index contributed by atoms with van der Waals surface area (Å²) < 4.78 is 53.7. The summed E-state index contributed by atoms with van der Waals surface area (Å²) in [7, 11) is 0.741. The minimum Gasteiger partial charge on any atom is -0.497 e. The topological polar surface area (TPSA) is 68.8 Å². The number of hydrogen-bond acceptors (Lipinski definition) is 4. The van der Waals surface area contributed by atoms with Crippen LogP contribution in [0, 0.1) is 0 Å². The number of hydrogen-bond donors (Lipinski definition) is 2. The number of rotatable bonds is 4. The Balaban J connectivity index is 2.18. The Kier molecular flexibility index (Phi) is 5.48. The van der Waals surface area contributed by atoms with Crippen LogP contribution < -0.4 is 20.8 Å². The Labute approximate surface area is 150 Å². The van der Waals surface area contributed by atoms with E-state index in [-0.39, 0.29) is 5.69 Å². The number of carbonyl (C=O) groups excluding carboxylic acids is 1. The van der Waals surface area contributed by atoms with Gasteiger partial charge in [-0.2, -0.15) is 13.2 Å². The van der Waals surface area contributed by atoms with Crippen LogP contribution in [-0.2, 0) is 9.31 Å². The Morgan fingerprint density at radius 2 is 1.73 bits per heavy atom. The molecular weight excluding hydrogens is 352 g/mol. The minimum atomic E-state index is -4.49. The van der Waals surface area contributed by atoms with E-state index >= 15 is 0 Å². The second-order valence-electron chi connectivity index (χ2n) is 7.01. The molecule has 144 valence electrons. The van der Waals surface area contributed by atoms with Crippen LogP contribution in [0.2, 0.25) is 0 Å². The molecule has 10 heteroatoms. The third kappa shape index (κ3) is 4.82. The molecule has 0 unspecified atom stereocenters. The van der Waals surface area contributed by atoms with Crippen molar-refractivity contribution < 1.29 is 32.0 Å². The van der Waals surface area contributed by atoms with Gasteiger partial charge in [0, 0.05) is 11.8 Å². The second-order valence-corrected chi connectivity index (χ2v) is 7.01. The molecule has 1 aliphatic rings. The van der Waals surface area contributed by atoms with Gasteiger partial charge in [-0.1, -0.05) is 0 Å². The average Bonchev–Trinajstić information content (AvgIpc) is 2.72. The fraction of sp³-hybridized carbons (Fsp3) is 0.562. The SMILES string of the molecule is COc1cc(NC(=O)NCC(F)(F)F)cc(B2OC(C)(C)C(C)(C)O2)c1. The van der Waals surface area contributed by atoms with Gasteiger partial charge in [0.25, 0.3) is 0 Å². The lowest BCUT2D eigenvalue weighted by Crippen LogP contribution is -2.41. The largest absolute Gasteiger partial charge is 0.497 e. The van der Waals surface area contributed by atoms with Crippen molar-refractivity contribution in [1.82, 2.24) is 5.32 Å². The zero-order valence-electron chi connectivity index (χ0n) is 15.3. The lowest BCUT2D eigenvalue weighted by Gasteiger charge is -2.32. The van der Waals surface area contributed by atoms with E-state index < -0.39 is 37.1 Å². The molecule has 1 fully saturated rings. The van der Waals surface area contributed by atoms with Gasteiger partial charge in [-0.25, -0.2) is 4.79 Å². The minimum absolute atomic E-state index is 0.258. The first-order valence-electron chi connectivity index (χ1n) is 7.99. The number of nitrogens with one attached hydrogen (secondary N) is 2. The molecule has 1 heterocycles. The van der Waals surface area contributed by atoms with Crippen LogP contribution in [0.25, 0.3) is 0 Å². The molecule has 1 saturated heterocycles. The maximum absolute atomic E-state index is 12.2. The number of amides is 2. The van der Waals surface area contributed by atoms with Crippen molar-refractivity contribution in [2.24, 2.45) is 0 Å². The van der Waals surface area contributed by atoms with Crippen molar-refractivity contribution in [3.05, 3.63) is 18.2 Å². The summed E-state index contributed by atoms with van der Waals surface area (Å²) in [6.07, 6.45) is -4.49. The van der Waals surface area contributed by atoms with Crippen molar-refractivity contribution in [3.63, 3.8) is 0 Å². The molecule has 0 saturated carbocycles. The van der Waals surface area contributed by atoms with Crippen LogP contribution in [0.1, 0.15) is 27.7 Å². The zero-order valence-corrected chi connectivity index (χ0v) is 15.3. The molecule has 1 aromatic rings. The number of anilines is 1. The third-order valence-corrected chi connectivity index (χ3v) is 4.40. The third-order valence-electron chi connectivity index (χ3n) is 4.40. The number of carbonyl (C=O) groups is 1. The Bertz CT molecular complexity index is 664. The number of urea groups is 1. The number of halogens is 3. The highest BCUT2D eigenvalue weighted by molar-refractivity contribution is 6.62. The maximum Gasteiger partial charge on any atom is 0.495 e. The number of alkyl halides is 3. The summed E-state index contributed by atoms with van der Waals surface area (Å²) in [6, 6.07) is 3.76. The number of ether oxygens (including phenoxy) is 1. The van der Waals surface area contributed by atoms with E-state index in [0.717, 1.165) is 0 Å². The second kappa shape index (κ2) is 7.00. The number of methoxy groups -OCH3 is 1. The van der Waals surface area contributed by atoms with Gasteiger partial charge in [0.15, 0.2) is 0 Å². The van der Waals surface area contributed by atoms with Gasteiger partial charge in [-0.05, 0) is 45.3 Å². The van der Waals surface area contributed by atoms with Crippen molar-refractivity contribution in [2.45, 2.75) is 45.1 Å². The molecule has 26 heavy (non-hydrogen) atoms. The number of benzene rings is 1. The molecule has 1 aliphatic heterocycles.